The first kappa shape index (κ1) is 19.2. The van der Waals surface area contributed by atoms with Crippen LogP contribution in [0.4, 0.5) is 11.4 Å². The summed E-state index contributed by atoms with van der Waals surface area (Å²) in [5.41, 5.74) is 1.35. The van der Waals surface area contributed by atoms with Crippen molar-refractivity contribution in [1.29, 1.82) is 0 Å². The quantitative estimate of drug-likeness (QED) is 0.780. The van der Waals surface area contributed by atoms with Crippen LogP contribution in [0.2, 0.25) is 0 Å². The number of nitrogens with zero attached hydrogens (tertiary/aromatic N) is 1. The Morgan fingerprint density at radius 3 is 2.22 bits per heavy atom. The van der Waals surface area contributed by atoms with Crippen LogP contribution in [0.3, 0.4) is 0 Å². The van der Waals surface area contributed by atoms with Crippen LogP contribution >= 0.6 is 0 Å². The number of anilines is 2. The van der Waals surface area contributed by atoms with Gasteiger partial charge in [-0.2, -0.15) is 0 Å². The second kappa shape index (κ2) is 7.96. The van der Waals surface area contributed by atoms with E-state index in [1.165, 1.54) is 33.5 Å². The molecule has 0 spiro atoms. The van der Waals surface area contributed by atoms with Gasteiger partial charge in [-0.25, -0.2) is 8.42 Å². The van der Waals surface area contributed by atoms with Gasteiger partial charge in [-0.05, 0) is 43.2 Å². The van der Waals surface area contributed by atoms with Gasteiger partial charge < -0.3 is 19.1 Å². The SMILES string of the molecule is COc1ccc(S(=O)(=O)Nc2cc(N3CCCC3)ccc2OC)c(OC)c1. The molecule has 1 heterocycles. The lowest BCUT2D eigenvalue weighted by Crippen LogP contribution is -2.19. The van der Waals surface area contributed by atoms with E-state index >= 15 is 0 Å². The van der Waals surface area contributed by atoms with Gasteiger partial charge in [-0.15, -0.1) is 0 Å². The van der Waals surface area contributed by atoms with Crippen molar-refractivity contribution in [2.24, 2.45) is 0 Å². The van der Waals surface area contributed by atoms with Crippen molar-refractivity contribution < 1.29 is 22.6 Å². The van der Waals surface area contributed by atoms with E-state index in [1.807, 2.05) is 6.07 Å². The third-order valence-corrected chi connectivity index (χ3v) is 5.96. The average molecular weight is 392 g/mol. The van der Waals surface area contributed by atoms with E-state index in [4.69, 9.17) is 14.2 Å². The van der Waals surface area contributed by atoms with E-state index in [2.05, 4.69) is 9.62 Å². The van der Waals surface area contributed by atoms with Crippen LogP contribution in [0.5, 0.6) is 17.2 Å². The van der Waals surface area contributed by atoms with Crippen LogP contribution in [0, 0.1) is 0 Å². The largest absolute Gasteiger partial charge is 0.497 e. The summed E-state index contributed by atoms with van der Waals surface area (Å²) >= 11 is 0. The topological polar surface area (TPSA) is 77.1 Å². The number of ether oxygens (including phenoxy) is 3. The number of hydrogen-bond acceptors (Lipinski definition) is 6. The van der Waals surface area contributed by atoms with Crippen LogP contribution in [-0.4, -0.2) is 42.8 Å². The molecule has 1 fully saturated rings. The normalized spacial score (nSPS) is 14.1. The Labute approximate surface area is 159 Å². The number of methoxy groups -OCH3 is 3. The maximum atomic E-state index is 13.0. The van der Waals surface area contributed by atoms with Crippen LogP contribution in [0.25, 0.3) is 0 Å². The number of sulfonamides is 1. The molecule has 2 aromatic rings. The highest BCUT2D eigenvalue weighted by atomic mass is 32.2. The molecule has 0 atom stereocenters. The molecular formula is C19H24N2O5S. The summed E-state index contributed by atoms with van der Waals surface area (Å²) in [4.78, 5) is 2.25. The molecule has 0 radical (unpaired) electrons. The highest BCUT2D eigenvalue weighted by molar-refractivity contribution is 7.92. The lowest BCUT2D eigenvalue weighted by molar-refractivity contribution is 0.386. The maximum absolute atomic E-state index is 13.0. The smallest absolute Gasteiger partial charge is 0.265 e. The third kappa shape index (κ3) is 4.05. The molecule has 0 saturated carbocycles. The average Bonchev–Trinajstić information content (AvgIpc) is 3.21. The number of rotatable bonds is 7. The summed E-state index contributed by atoms with van der Waals surface area (Å²) in [6, 6.07) is 10.1. The van der Waals surface area contributed by atoms with Crippen LogP contribution < -0.4 is 23.8 Å². The predicted molar refractivity (Wildman–Crippen MR) is 105 cm³/mol. The molecule has 8 heteroatoms. The zero-order valence-corrected chi connectivity index (χ0v) is 16.5. The predicted octanol–water partition coefficient (Wildman–Crippen LogP) is 3.11. The Balaban J connectivity index is 1.96. The Morgan fingerprint density at radius 2 is 1.59 bits per heavy atom. The van der Waals surface area contributed by atoms with Gasteiger partial charge in [0.05, 0.1) is 27.0 Å². The van der Waals surface area contributed by atoms with Crippen LogP contribution in [-0.2, 0) is 10.0 Å². The van der Waals surface area contributed by atoms with Gasteiger partial charge in [0.25, 0.3) is 10.0 Å². The summed E-state index contributed by atoms with van der Waals surface area (Å²) in [5, 5.41) is 0. The Hall–Kier alpha value is -2.61. The summed E-state index contributed by atoms with van der Waals surface area (Å²) in [7, 11) is 0.556. The minimum absolute atomic E-state index is 0.0272. The molecule has 7 nitrogen and oxygen atoms in total. The molecule has 27 heavy (non-hydrogen) atoms. The van der Waals surface area contributed by atoms with Crippen molar-refractivity contribution in [1.82, 2.24) is 0 Å². The first-order valence-corrected chi connectivity index (χ1v) is 10.1. The van der Waals surface area contributed by atoms with E-state index in [0.29, 0.717) is 17.2 Å². The molecule has 146 valence electrons. The van der Waals surface area contributed by atoms with Crippen molar-refractivity contribution in [3.05, 3.63) is 36.4 Å². The molecular weight excluding hydrogens is 368 g/mol. The van der Waals surface area contributed by atoms with Gasteiger partial charge in [0.1, 0.15) is 22.1 Å². The van der Waals surface area contributed by atoms with Crippen molar-refractivity contribution >= 4 is 21.4 Å². The molecule has 3 rings (SSSR count). The minimum Gasteiger partial charge on any atom is -0.497 e. The fraction of sp³-hybridized carbons (Fsp3) is 0.368. The van der Waals surface area contributed by atoms with Gasteiger partial charge in [-0.1, -0.05) is 0 Å². The molecule has 0 unspecified atom stereocenters. The number of hydrogen-bond donors (Lipinski definition) is 1. The molecule has 1 aliphatic heterocycles. The van der Waals surface area contributed by atoms with Crippen LogP contribution in [0.1, 0.15) is 12.8 Å². The first-order chi connectivity index (χ1) is 13.0. The Kier molecular flexibility index (Phi) is 5.65. The lowest BCUT2D eigenvalue weighted by Gasteiger charge is -2.20. The van der Waals surface area contributed by atoms with E-state index in [9.17, 15) is 8.42 Å². The van der Waals surface area contributed by atoms with Crippen molar-refractivity contribution in [3.8, 4) is 17.2 Å². The summed E-state index contributed by atoms with van der Waals surface area (Å²) < 4.78 is 44.3. The molecule has 0 bridgehead atoms. The van der Waals surface area contributed by atoms with Gasteiger partial charge >= 0.3 is 0 Å². The van der Waals surface area contributed by atoms with Gasteiger partial charge in [0, 0.05) is 24.8 Å². The highest BCUT2D eigenvalue weighted by Gasteiger charge is 2.23. The summed E-state index contributed by atoms with van der Waals surface area (Å²) in [6.07, 6.45) is 2.27. The van der Waals surface area contributed by atoms with Crippen molar-refractivity contribution in [2.45, 2.75) is 17.7 Å². The highest BCUT2D eigenvalue weighted by Crippen LogP contribution is 2.35. The van der Waals surface area contributed by atoms with E-state index in [1.54, 1.807) is 18.2 Å². The molecule has 2 aromatic carbocycles. The van der Waals surface area contributed by atoms with Crippen LogP contribution in [0.15, 0.2) is 41.3 Å². The van der Waals surface area contributed by atoms with Gasteiger partial charge in [-0.3, -0.25) is 4.72 Å². The Bertz CT molecular complexity index is 908. The Morgan fingerprint density at radius 1 is 0.889 bits per heavy atom. The fourth-order valence-electron chi connectivity index (χ4n) is 3.14. The van der Waals surface area contributed by atoms with E-state index in [-0.39, 0.29) is 10.6 Å². The van der Waals surface area contributed by atoms with Crippen molar-refractivity contribution in [3.63, 3.8) is 0 Å². The monoisotopic (exact) mass is 392 g/mol. The third-order valence-electron chi connectivity index (χ3n) is 4.56. The molecule has 0 aliphatic carbocycles. The summed E-state index contributed by atoms with van der Waals surface area (Å²) in [5.74, 6) is 1.17. The van der Waals surface area contributed by atoms with E-state index in [0.717, 1.165) is 31.6 Å². The zero-order valence-electron chi connectivity index (χ0n) is 15.7. The number of benzene rings is 2. The molecule has 1 N–H and O–H groups in total. The van der Waals surface area contributed by atoms with E-state index < -0.39 is 10.0 Å². The fourth-order valence-corrected chi connectivity index (χ4v) is 4.36. The second-order valence-electron chi connectivity index (χ2n) is 6.20. The minimum atomic E-state index is -3.88. The summed E-state index contributed by atoms with van der Waals surface area (Å²) in [6.45, 7) is 1.93. The molecule has 1 saturated heterocycles. The maximum Gasteiger partial charge on any atom is 0.265 e. The standard InChI is InChI=1S/C19H24N2O5S/c1-24-15-7-9-19(18(13-15)26-3)27(22,23)20-16-12-14(6-8-17(16)25-2)21-10-4-5-11-21/h6-9,12-13,20H,4-5,10-11H2,1-3H3. The second-order valence-corrected chi connectivity index (χ2v) is 7.85. The first-order valence-electron chi connectivity index (χ1n) is 8.66. The molecule has 0 amide bonds. The molecule has 1 aliphatic rings. The zero-order chi connectivity index (χ0) is 19.4. The molecule has 0 aromatic heterocycles. The van der Waals surface area contributed by atoms with Crippen molar-refractivity contribution in [2.75, 3.05) is 44.0 Å². The number of nitrogens with one attached hydrogen (secondary N) is 1. The lowest BCUT2D eigenvalue weighted by atomic mass is 10.2. The van der Waals surface area contributed by atoms with Gasteiger partial charge in [0.2, 0.25) is 0 Å². The van der Waals surface area contributed by atoms with Gasteiger partial charge in [0.15, 0.2) is 0 Å².